The highest BCUT2D eigenvalue weighted by atomic mass is 16.5. The number of hydrogen-bond acceptors (Lipinski definition) is 2. The Morgan fingerprint density at radius 1 is 1.19 bits per heavy atom. The molecule has 0 aliphatic carbocycles. The molecular formula is C14H19NO. The molecule has 1 heterocycles. The maximum Gasteiger partial charge on any atom is 0.0947 e. The smallest absolute Gasteiger partial charge is 0.0947 e. The molecule has 1 aromatic rings. The van der Waals surface area contributed by atoms with Crippen molar-refractivity contribution in [2.24, 2.45) is 0 Å². The molecule has 0 spiro atoms. The van der Waals surface area contributed by atoms with Gasteiger partial charge in [0.1, 0.15) is 0 Å². The number of benzene rings is 1. The van der Waals surface area contributed by atoms with E-state index in [1.165, 1.54) is 5.56 Å². The normalized spacial score (nSPS) is 29.2. The molecule has 0 radical (unpaired) electrons. The van der Waals surface area contributed by atoms with Crippen molar-refractivity contribution in [3.05, 3.63) is 48.0 Å². The third kappa shape index (κ3) is 2.34. The quantitative estimate of drug-likeness (QED) is 0.786. The Balaban J connectivity index is 2.21. The first-order chi connectivity index (χ1) is 7.85. The summed E-state index contributed by atoms with van der Waals surface area (Å²) in [4.78, 5) is 0. The molecule has 1 aliphatic rings. The van der Waals surface area contributed by atoms with Gasteiger partial charge in [0.05, 0.1) is 12.1 Å². The van der Waals surface area contributed by atoms with Crippen LogP contribution in [0.3, 0.4) is 0 Å². The van der Waals surface area contributed by atoms with Crippen LogP contribution in [0, 0.1) is 0 Å². The number of nitrogens with one attached hydrogen (secondary N) is 1. The number of ether oxygens (including phenoxy) is 1. The summed E-state index contributed by atoms with van der Waals surface area (Å²) in [6.45, 7) is 2.19. The summed E-state index contributed by atoms with van der Waals surface area (Å²) < 4.78 is 5.50. The molecule has 3 atom stereocenters. The van der Waals surface area contributed by atoms with Crippen molar-refractivity contribution in [3.8, 4) is 0 Å². The molecule has 0 saturated heterocycles. The van der Waals surface area contributed by atoms with Crippen molar-refractivity contribution in [1.29, 1.82) is 0 Å². The summed E-state index contributed by atoms with van der Waals surface area (Å²) in [5, 5.41) is 3.61. The zero-order valence-electron chi connectivity index (χ0n) is 9.89. The van der Waals surface area contributed by atoms with E-state index in [1.54, 1.807) is 7.11 Å². The molecule has 2 rings (SSSR count). The van der Waals surface area contributed by atoms with Gasteiger partial charge in [-0.05, 0) is 12.0 Å². The standard InChI is InChI=1S/C14H19NO/c1-3-12-9-10-13(16-2)14(15-12)11-7-5-4-6-8-11/h4-10,12-15H,3H2,1-2H3/t12-,13-,14+/m1/s1. The van der Waals surface area contributed by atoms with Crippen LogP contribution in [0.5, 0.6) is 0 Å². The Bertz CT molecular complexity index is 347. The lowest BCUT2D eigenvalue weighted by Crippen LogP contribution is -2.41. The molecule has 2 nitrogen and oxygen atoms in total. The second-order valence-electron chi connectivity index (χ2n) is 4.15. The topological polar surface area (TPSA) is 21.3 Å². The maximum absolute atomic E-state index is 5.50. The highest BCUT2D eigenvalue weighted by Crippen LogP contribution is 2.24. The first-order valence-corrected chi connectivity index (χ1v) is 5.87. The largest absolute Gasteiger partial charge is 0.375 e. The van der Waals surface area contributed by atoms with E-state index in [9.17, 15) is 0 Å². The maximum atomic E-state index is 5.50. The summed E-state index contributed by atoms with van der Waals surface area (Å²) in [7, 11) is 1.76. The van der Waals surface area contributed by atoms with Crippen molar-refractivity contribution < 1.29 is 4.74 Å². The zero-order chi connectivity index (χ0) is 11.4. The molecule has 1 N–H and O–H groups in total. The van der Waals surface area contributed by atoms with Crippen molar-refractivity contribution in [2.45, 2.75) is 31.5 Å². The van der Waals surface area contributed by atoms with Crippen LogP contribution in [0.4, 0.5) is 0 Å². The van der Waals surface area contributed by atoms with Gasteiger partial charge in [0, 0.05) is 13.2 Å². The van der Waals surface area contributed by atoms with Crippen LogP contribution >= 0.6 is 0 Å². The third-order valence-corrected chi connectivity index (χ3v) is 3.13. The van der Waals surface area contributed by atoms with Crippen LogP contribution in [0.15, 0.2) is 42.5 Å². The minimum atomic E-state index is 0.130. The van der Waals surface area contributed by atoms with E-state index in [2.05, 4.69) is 48.7 Å². The molecular weight excluding hydrogens is 198 g/mol. The van der Waals surface area contributed by atoms with E-state index >= 15 is 0 Å². The monoisotopic (exact) mass is 217 g/mol. The van der Waals surface area contributed by atoms with Crippen molar-refractivity contribution in [2.75, 3.05) is 7.11 Å². The third-order valence-electron chi connectivity index (χ3n) is 3.13. The van der Waals surface area contributed by atoms with Gasteiger partial charge < -0.3 is 10.1 Å². The number of rotatable bonds is 3. The molecule has 0 amide bonds. The summed E-state index contributed by atoms with van der Waals surface area (Å²) in [5.41, 5.74) is 1.29. The Morgan fingerprint density at radius 2 is 1.94 bits per heavy atom. The second kappa shape index (κ2) is 5.28. The number of hydrogen-bond donors (Lipinski definition) is 1. The lowest BCUT2D eigenvalue weighted by Gasteiger charge is -2.32. The Hall–Kier alpha value is -1.12. The molecule has 0 unspecified atom stereocenters. The lowest BCUT2D eigenvalue weighted by molar-refractivity contribution is 0.0958. The van der Waals surface area contributed by atoms with E-state index < -0.39 is 0 Å². The summed E-state index contributed by atoms with van der Waals surface area (Å²) in [6.07, 6.45) is 5.61. The molecule has 0 fully saturated rings. The summed E-state index contributed by atoms with van der Waals surface area (Å²) >= 11 is 0. The fourth-order valence-electron chi connectivity index (χ4n) is 2.15. The Kier molecular flexibility index (Phi) is 3.75. The average Bonchev–Trinajstić information content (AvgIpc) is 2.39. The highest BCUT2D eigenvalue weighted by molar-refractivity contribution is 5.24. The number of methoxy groups -OCH3 is 1. The van der Waals surface area contributed by atoms with Crippen LogP contribution in [0.2, 0.25) is 0 Å². The van der Waals surface area contributed by atoms with E-state index in [1.807, 2.05) is 6.07 Å². The molecule has 1 aromatic carbocycles. The SMILES string of the molecule is CC[C@@H]1C=C[C@@H](OC)[C@H](c2ccccc2)N1. The molecule has 0 saturated carbocycles. The van der Waals surface area contributed by atoms with Crippen LogP contribution in [0.25, 0.3) is 0 Å². The van der Waals surface area contributed by atoms with E-state index in [0.29, 0.717) is 6.04 Å². The van der Waals surface area contributed by atoms with Gasteiger partial charge in [-0.1, -0.05) is 49.4 Å². The minimum Gasteiger partial charge on any atom is -0.375 e. The van der Waals surface area contributed by atoms with Crippen molar-refractivity contribution in [3.63, 3.8) is 0 Å². The van der Waals surface area contributed by atoms with Gasteiger partial charge in [-0.3, -0.25) is 0 Å². The van der Waals surface area contributed by atoms with Crippen molar-refractivity contribution >= 4 is 0 Å². The van der Waals surface area contributed by atoms with Gasteiger partial charge >= 0.3 is 0 Å². The fraction of sp³-hybridized carbons (Fsp3) is 0.429. The Morgan fingerprint density at radius 3 is 2.56 bits per heavy atom. The fourth-order valence-corrected chi connectivity index (χ4v) is 2.15. The molecule has 2 heteroatoms. The van der Waals surface area contributed by atoms with Crippen LogP contribution in [-0.2, 0) is 4.74 Å². The predicted octanol–water partition coefficient (Wildman–Crippen LogP) is 2.68. The van der Waals surface area contributed by atoms with Crippen LogP contribution in [-0.4, -0.2) is 19.3 Å². The van der Waals surface area contributed by atoms with Crippen LogP contribution in [0.1, 0.15) is 24.9 Å². The Labute approximate surface area is 97.3 Å². The van der Waals surface area contributed by atoms with E-state index in [0.717, 1.165) is 6.42 Å². The lowest BCUT2D eigenvalue weighted by atomic mass is 9.95. The molecule has 0 aromatic heterocycles. The molecule has 0 bridgehead atoms. The first kappa shape index (κ1) is 11.4. The van der Waals surface area contributed by atoms with Crippen molar-refractivity contribution in [1.82, 2.24) is 5.32 Å². The highest BCUT2D eigenvalue weighted by Gasteiger charge is 2.25. The first-order valence-electron chi connectivity index (χ1n) is 5.87. The predicted molar refractivity (Wildman–Crippen MR) is 66.3 cm³/mol. The molecule has 86 valence electrons. The molecule has 16 heavy (non-hydrogen) atoms. The summed E-state index contributed by atoms with van der Waals surface area (Å²) in [5.74, 6) is 0. The van der Waals surface area contributed by atoms with Gasteiger partial charge in [0.15, 0.2) is 0 Å². The average molecular weight is 217 g/mol. The van der Waals surface area contributed by atoms with Gasteiger partial charge in [-0.25, -0.2) is 0 Å². The minimum absolute atomic E-state index is 0.130. The second-order valence-corrected chi connectivity index (χ2v) is 4.15. The summed E-state index contributed by atoms with van der Waals surface area (Å²) in [6, 6.07) is 11.2. The van der Waals surface area contributed by atoms with Crippen LogP contribution < -0.4 is 5.32 Å². The van der Waals surface area contributed by atoms with E-state index in [-0.39, 0.29) is 12.1 Å². The van der Waals surface area contributed by atoms with Gasteiger partial charge in [-0.15, -0.1) is 0 Å². The van der Waals surface area contributed by atoms with Gasteiger partial charge in [0.25, 0.3) is 0 Å². The molecule has 1 aliphatic heterocycles. The van der Waals surface area contributed by atoms with E-state index in [4.69, 9.17) is 4.74 Å². The van der Waals surface area contributed by atoms with Gasteiger partial charge in [-0.2, -0.15) is 0 Å². The van der Waals surface area contributed by atoms with Gasteiger partial charge in [0.2, 0.25) is 0 Å². The zero-order valence-corrected chi connectivity index (χ0v) is 9.89.